The minimum Gasteiger partial charge on any atom is -0.340 e. The number of carbonyl (C=O) groups excluding carboxylic acids is 1. The Balaban J connectivity index is 1.84. The van der Waals surface area contributed by atoms with Gasteiger partial charge in [-0.25, -0.2) is 8.42 Å². The molecule has 3 rings (SSSR count). The number of hydrogen-bond donors (Lipinski definition) is 0. The molecule has 0 spiro atoms. The molecule has 1 fully saturated rings. The zero-order chi connectivity index (χ0) is 17.9. The van der Waals surface area contributed by atoms with Gasteiger partial charge < -0.3 is 4.90 Å². The number of amides is 1. The standard InChI is InChI=1S/C19H21NO3S2/c1-20(16-12-13-25(22,23)14-16)19(21)18(15-8-4-2-5-9-15)24-17-10-6-3-7-11-17/h2-11,16,18H,12-14H2,1H3. The molecule has 2 aromatic rings. The van der Waals surface area contributed by atoms with E-state index in [0.29, 0.717) is 6.42 Å². The highest BCUT2D eigenvalue weighted by atomic mass is 32.2. The van der Waals surface area contributed by atoms with E-state index < -0.39 is 15.1 Å². The maximum absolute atomic E-state index is 13.2. The van der Waals surface area contributed by atoms with E-state index in [9.17, 15) is 13.2 Å². The first-order valence-electron chi connectivity index (χ1n) is 8.20. The molecule has 1 aliphatic heterocycles. The molecule has 0 aromatic heterocycles. The second kappa shape index (κ2) is 7.62. The van der Waals surface area contributed by atoms with E-state index in [1.54, 1.807) is 11.9 Å². The molecule has 6 heteroatoms. The van der Waals surface area contributed by atoms with Crippen LogP contribution in [0.4, 0.5) is 0 Å². The summed E-state index contributed by atoms with van der Waals surface area (Å²) in [5.41, 5.74) is 0.925. The lowest BCUT2D eigenvalue weighted by molar-refractivity contribution is -0.131. The van der Waals surface area contributed by atoms with Crippen LogP contribution in [0.3, 0.4) is 0 Å². The van der Waals surface area contributed by atoms with Gasteiger partial charge in [-0.15, -0.1) is 11.8 Å². The van der Waals surface area contributed by atoms with E-state index in [1.165, 1.54) is 11.8 Å². The van der Waals surface area contributed by atoms with Crippen molar-refractivity contribution in [1.29, 1.82) is 0 Å². The van der Waals surface area contributed by atoms with Crippen molar-refractivity contribution in [3.63, 3.8) is 0 Å². The largest absolute Gasteiger partial charge is 0.340 e. The molecular weight excluding hydrogens is 354 g/mol. The van der Waals surface area contributed by atoms with Gasteiger partial charge in [-0.2, -0.15) is 0 Å². The highest BCUT2D eigenvalue weighted by Crippen LogP contribution is 2.37. The first kappa shape index (κ1) is 18.0. The lowest BCUT2D eigenvalue weighted by Gasteiger charge is -2.28. The average molecular weight is 376 g/mol. The molecule has 1 saturated heterocycles. The van der Waals surface area contributed by atoms with Gasteiger partial charge in [-0.1, -0.05) is 48.5 Å². The van der Waals surface area contributed by atoms with Crippen LogP contribution in [-0.2, 0) is 14.6 Å². The summed E-state index contributed by atoms with van der Waals surface area (Å²) in [4.78, 5) is 15.8. The number of carbonyl (C=O) groups is 1. The molecule has 4 nitrogen and oxygen atoms in total. The molecule has 132 valence electrons. The Hall–Kier alpha value is -1.79. The van der Waals surface area contributed by atoms with Crippen LogP contribution in [0.15, 0.2) is 65.6 Å². The zero-order valence-corrected chi connectivity index (χ0v) is 15.7. The quantitative estimate of drug-likeness (QED) is 0.753. The van der Waals surface area contributed by atoms with E-state index in [0.717, 1.165) is 10.5 Å². The topological polar surface area (TPSA) is 54.5 Å². The second-order valence-corrected chi connectivity index (χ2v) is 9.63. The lowest BCUT2D eigenvalue weighted by atomic mass is 10.1. The molecule has 0 radical (unpaired) electrons. The van der Waals surface area contributed by atoms with Gasteiger partial charge >= 0.3 is 0 Å². The van der Waals surface area contributed by atoms with Crippen LogP contribution in [0.5, 0.6) is 0 Å². The van der Waals surface area contributed by atoms with Crippen LogP contribution < -0.4 is 0 Å². The first-order valence-corrected chi connectivity index (χ1v) is 10.9. The molecule has 1 amide bonds. The molecule has 0 saturated carbocycles. The third kappa shape index (κ3) is 4.44. The summed E-state index contributed by atoms with van der Waals surface area (Å²) in [6.45, 7) is 0. The number of benzene rings is 2. The highest BCUT2D eigenvalue weighted by molar-refractivity contribution is 8.00. The molecule has 2 aromatic carbocycles. The smallest absolute Gasteiger partial charge is 0.240 e. The lowest BCUT2D eigenvalue weighted by Crippen LogP contribution is -2.40. The van der Waals surface area contributed by atoms with Crippen LogP contribution in [0.1, 0.15) is 17.2 Å². The zero-order valence-electron chi connectivity index (χ0n) is 14.0. The molecule has 0 N–H and O–H groups in total. The Kier molecular flexibility index (Phi) is 5.49. The number of sulfone groups is 1. The Bertz CT molecular complexity index is 822. The Morgan fingerprint density at radius 2 is 1.68 bits per heavy atom. The van der Waals surface area contributed by atoms with Crippen LogP contribution in [0.2, 0.25) is 0 Å². The summed E-state index contributed by atoms with van der Waals surface area (Å²) < 4.78 is 23.5. The van der Waals surface area contributed by atoms with Crippen molar-refractivity contribution in [2.45, 2.75) is 22.6 Å². The molecule has 1 aliphatic rings. The third-order valence-electron chi connectivity index (χ3n) is 4.43. The number of rotatable bonds is 5. The predicted octanol–water partition coefficient (Wildman–Crippen LogP) is 3.17. The van der Waals surface area contributed by atoms with Gasteiger partial charge in [0.2, 0.25) is 5.91 Å². The second-order valence-electron chi connectivity index (χ2n) is 6.23. The van der Waals surface area contributed by atoms with Crippen molar-refractivity contribution in [1.82, 2.24) is 4.90 Å². The Labute approximate surface area is 153 Å². The minimum atomic E-state index is -3.02. The molecule has 0 aliphatic carbocycles. The van der Waals surface area contributed by atoms with E-state index in [1.807, 2.05) is 60.7 Å². The first-order chi connectivity index (χ1) is 12.0. The van der Waals surface area contributed by atoms with Crippen molar-refractivity contribution in [3.05, 3.63) is 66.2 Å². The van der Waals surface area contributed by atoms with Gasteiger partial charge in [-0.05, 0) is 24.1 Å². The molecular formula is C19H21NO3S2. The average Bonchev–Trinajstić information content (AvgIpc) is 3.00. The number of likely N-dealkylation sites (N-methyl/N-ethyl adjacent to an activating group) is 1. The summed E-state index contributed by atoms with van der Waals surface area (Å²) in [6, 6.07) is 19.2. The van der Waals surface area contributed by atoms with Crippen molar-refractivity contribution < 1.29 is 13.2 Å². The van der Waals surface area contributed by atoms with Gasteiger partial charge in [0.05, 0.1) is 11.5 Å². The summed E-state index contributed by atoms with van der Waals surface area (Å²) >= 11 is 1.50. The predicted molar refractivity (Wildman–Crippen MR) is 101 cm³/mol. The molecule has 0 bridgehead atoms. The number of thioether (sulfide) groups is 1. The summed E-state index contributed by atoms with van der Waals surface area (Å²) in [6.07, 6.45) is 0.516. The fraction of sp³-hybridized carbons (Fsp3) is 0.316. The van der Waals surface area contributed by atoms with E-state index in [-0.39, 0.29) is 23.5 Å². The minimum absolute atomic E-state index is 0.0536. The van der Waals surface area contributed by atoms with E-state index in [2.05, 4.69) is 0 Å². The number of nitrogens with zero attached hydrogens (tertiary/aromatic N) is 1. The molecule has 1 heterocycles. The van der Waals surface area contributed by atoms with Crippen LogP contribution in [0, 0.1) is 0 Å². The van der Waals surface area contributed by atoms with Crippen molar-refractivity contribution in [2.75, 3.05) is 18.6 Å². The maximum atomic E-state index is 13.2. The van der Waals surface area contributed by atoms with Crippen molar-refractivity contribution in [2.24, 2.45) is 0 Å². The van der Waals surface area contributed by atoms with Gasteiger partial charge in [0.25, 0.3) is 0 Å². The Morgan fingerprint density at radius 3 is 2.24 bits per heavy atom. The SMILES string of the molecule is CN(C(=O)C(Sc1ccccc1)c1ccccc1)C1CCS(=O)(=O)C1. The fourth-order valence-electron chi connectivity index (χ4n) is 2.97. The molecule has 2 unspecified atom stereocenters. The van der Waals surface area contributed by atoms with Crippen LogP contribution in [-0.4, -0.2) is 43.8 Å². The summed E-state index contributed by atoms with van der Waals surface area (Å²) in [7, 11) is -1.31. The monoisotopic (exact) mass is 375 g/mol. The fourth-order valence-corrected chi connectivity index (χ4v) is 5.89. The van der Waals surface area contributed by atoms with E-state index in [4.69, 9.17) is 0 Å². The Morgan fingerprint density at radius 1 is 1.08 bits per heavy atom. The molecule has 2 atom stereocenters. The van der Waals surface area contributed by atoms with Gasteiger partial charge in [0.15, 0.2) is 9.84 Å². The summed E-state index contributed by atoms with van der Waals surface area (Å²) in [5, 5.41) is -0.392. The molecule has 25 heavy (non-hydrogen) atoms. The van der Waals surface area contributed by atoms with Crippen LogP contribution >= 0.6 is 11.8 Å². The normalized spacial score (nSPS) is 20.1. The van der Waals surface area contributed by atoms with Gasteiger partial charge in [0.1, 0.15) is 5.25 Å². The van der Waals surface area contributed by atoms with Gasteiger partial charge in [0, 0.05) is 18.0 Å². The van der Waals surface area contributed by atoms with E-state index >= 15 is 0 Å². The van der Waals surface area contributed by atoms with Crippen LogP contribution in [0.25, 0.3) is 0 Å². The highest BCUT2D eigenvalue weighted by Gasteiger charge is 2.35. The van der Waals surface area contributed by atoms with Gasteiger partial charge in [-0.3, -0.25) is 4.79 Å². The number of hydrogen-bond acceptors (Lipinski definition) is 4. The summed E-state index contributed by atoms with van der Waals surface area (Å²) in [5.74, 6) is 0.173. The van der Waals surface area contributed by atoms with Crippen molar-refractivity contribution in [3.8, 4) is 0 Å². The maximum Gasteiger partial charge on any atom is 0.240 e. The van der Waals surface area contributed by atoms with Crippen molar-refractivity contribution >= 4 is 27.5 Å². The third-order valence-corrected chi connectivity index (χ3v) is 7.43.